The molecule has 0 spiro atoms. The minimum absolute atomic E-state index is 0.257. The first-order valence-corrected chi connectivity index (χ1v) is 3.62. The van der Waals surface area contributed by atoms with Crippen LogP contribution in [0.3, 0.4) is 0 Å². The lowest BCUT2D eigenvalue weighted by atomic mass is 10.0. The second kappa shape index (κ2) is 3.82. The molecule has 14 heavy (non-hydrogen) atoms. The maximum absolute atomic E-state index is 8.22. The summed E-state index contributed by atoms with van der Waals surface area (Å²) in [6.07, 6.45) is -8.47. The number of hydrogen-bond acceptors (Lipinski definition) is 3. The Morgan fingerprint density at radius 1 is 2.00 bits per heavy atom. The van der Waals surface area contributed by atoms with Crippen molar-refractivity contribution in [1.82, 2.24) is 9.97 Å². The molecule has 1 fully saturated rings. The van der Waals surface area contributed by atoms with E-state index in [9.17, 15) is 0 Å². The van der Waals surface area contributed by atoms with E-state index in [0.717, 1.165) is 0 Å². The van der Waals surface area contributed by atoms with E-state index in [0.29, 0.717) is 0 Å². The van der Waals surface area contributed by atoms with Crippen molar-refractivity contribution in [2.75, 3.05) is 17.9 Å². The van der Waals surface area contributed by atoms with E-state index in [1.54, 1.807) is 0 Å². The van der Waals surface area contributed by atoms with Gasteiger partial charge in [0, 0.05) is 35.6 Å². The molecule has 0 aliphatic carbocycles. The Labute approximate surface area is 103 Å². The van der Waals surface area contributed by atoms with Crippen LogP contribution in [0.5, 0.6) is 0 Å². The highest BCUT2D eigenvalue weighted by molar-refractivity contribution is 5.36. The molecular weight excluding hydrogens is 176 g/mol. The van der Waals surface area contributed by atoms with Crippen LogP contribution in [0.4, 0.5) is 5.82 Å². The van der Waals surface area contributed by atoms with Crippen LogP contribution in [0.15, 0.2) is 12.2 Å². The predicted molar refractivity (Wildman–Crippen MR) is 55.1 cm³/mol. The van der Waals surface area contributed by atoms with E-state index >= 15 is 0 Å². The highest BCUT2D eigenvalue weighted by atomic mass is 15.2. The number of anilines is 1. The number of nitrogens with one attached hydrogen (secondary N) is 2. The first-order chi connectivity index (χ1) is 12.2. The Hall–Kier alpha value is -1.32. The van der Waals surface area contributed by atoms with Gasteiger partial charge in [0.1, 0.15) is 5.82 Å². The lowest BCUT2D eigenvalue weighted by Gasteiger charge is -2.31. The number of piperidine rings is 1. The van der Waals surface area contributed by atoms with E-state index in [-0.39, 0.29) is 4.90 Å². The summed E-state index contributed by atoms with van der Waals surface area (Å²) in [5.74, 6) is -4.98. The summed E-state index contributed by atoms with van der Waals surface area (Å²) < 4.78 is 111. The molecule has 0 bridgehead atoms. The quantitative estimate of drug-likeness (QED) is 0.723. The second-order valence-corrected chi connectivity index (χ2v) is 2.34. The first-order valence-electron chi connectivity index (χ1n) is 10.6. The normalized spacial score (nSPS) is 57.6. The molecule has 2 rings (SSSR count). The largest absolute Gasteiger partial charge is 0.356 e. The molecule has 0 radical (unpaired) electrons. The molecular formula is C10H16N4. The van der Waals surface area contributed by atoms with Gasteiger partial charge in [-0.05, 0) is 24.7 Å². The molecule has 1 atom stereocenters. The van der Waals surface area contributed by atoms with Gasteiger partial charge in [-0.15, -0.1) is 0 Å². The first kappa shape index (κ1) is 2.26. The van der Waals surface area contributed by atoms with Gasteiger partial charge in [0.15, 0.2) is 0 Å². The molecule has 1 aliphatic heterocycles. The van der Waals surface area contributed by atoms with E-state index < -0.39 is 62.1 Å². The summed E-state index contributed by atoms with van der Waals surface area (Å²) in [5.41, 5.74) is -0.832. The molecule has 0 aromatic carbocycles. The molecule has 4 nitrogen and oxygen atoms in total. The van der Waals surface area contributed by atoms with Crippen LogP contribution >= 0.6 is 0 Å². The Bertz CT molecular complexity index is 857. The van der Waals surface area contributed by atoms with Gasteiger partial charge < -0.3 is 9.88 Å². The number of H-pyrrole nitrogens is 1. The Morgan fingerprint density at radius 3 is 3.79 bits per heavy atom. The minimum Gasteiger partial charge on any atom is -0.356 e. The highest BCUT2D eigenvalue weighted by Gasteiger charge is 2.16. The lowest BCUT2D eigenvalue weighted by Crippen LogP contribution is -2.35. The summed E-state index contributed by atoms with van der Waals surface area (Å²) in [5, 5.41) is 7.48. The molecule has 2 heterocycles. The van der Waals surface area contributed by atoms with Crippen molar-refractivity contribution in [2.24, 2.45) is 5.89 Å². The van der Waals surface area contributed by atoms with Crippen LogP contribution in [-0.4, -0.2) is 23.0 Å². The molecule has 0 amide bonds. The maximum Gasteiger partial charge on any atom is 0.221 e. The number of nitrogens with zero attached hydrogens (tertiary/aromatic N) is 2. The maximum atomic E-state index is 8.22. The minimum atomic E-state index is -3.87. The van der Waals surface area contributed by atoms with E-state index in [1.807, 2.05) is 4.98 Å². The molecule has 1 unspecified atom stereocenters. The summed E-state index contributed by atoms with van der Waals surface area (Å²) in [7, 11) is 0. The van der Waals surface area contributed by atoms with E-state index in [2.05, 4.69) is 4.98 Å². The molecule has 1 aliphatic rings. The number of aromatic nitrogens is 2. The fraction of sp³-hybridized carbons (Fsp3) is 0.600. The highest BCUT2D eigenvalue weighted by Crippen LogP contribution is 2.19. The van der Waals surface area contributed by atoms with Gasteiger partial charge in [0.2, 0.25) is 5.62 Å². The Morgan fingerprint density at radius 2 is 2.93 bits per heavy atom. The van der Waals surface area contributed by atoms with Crippen LogP contribution in [-0.2, 0) is 0 Å². The Balaban J connectivity index is 3.04. The fourth-order valence-corrected chi connectivity index (χ4v) is 0.834. The second-order valence-electron chi connectivity index (χ2n) is 2.34. The van der Waals surface area contributed by atoms with Crippen LogP contribution in [0.1, 0.15) is 38.8 Å². The zero-order valence-corrected chi connectivity index (χ0v) is 6.89. The van der Waals surface area contributed by atoms with Gasteiger partial charge in [-0.2, -0.15) is 4.98 Å². The van der Waals surface area contributed by atoms with Crippen LogP contribution < -0.4 is 10.5 Å². The van der Waals surface area contributed by atoms with Crippen molar-refractivity contribution in [2.45, 2.75) is 19.6 Å². The van der Waals surface area contributed by atoms with Crippen molar-refractivity contribution in [3.63, 3.8) is 0 Å². The molecule has 0 saturated carbocycles. The van der Waals surface area contributed by atoms with Crippen molar-refractivity contribution in [3.05, 3.63) is 17.8 Å². The number of hydrogen-bond donors (Lipinski definition) is 2. The average Bonchev–Trinajstić information content (AvgIpc) is 2.47. The van der Waals surface area contributed by atoms with E-state index in [4.69, 9.17) is 24.6 Å². The molecule has 2 N–H and O–H groups in total. The van der Waals surface area contributed by atoms with Crippen molar-refractivity contribution < 1.29 is 19.2 Å². The van der Waals surface area contributed by atoms with Crippen LogP contribution in [0.25, 0.3) is 0 Å². The van der Waals surface area contributed by atoms with Gasteiger partial charge in [-0.25, -0.2) is 0 Å². The fourth-order valence-electron chi connectivity index (χ4n) is 0.834. The van der Waals surface area contributed by atoms with Gasteiger partial charge in [0.05, 0.1) is 2.74 Å². The third-order valence-corrected chi connectivity index (χ3v) is 1.36. The third kappa shape index (κ3) is 1.95. The molecule has 76 valence electrons. The SMILES string of the molecule is [2H]c1[nH]c(=N)nc(N2C([2H])([2H])C([2H])([2H])C([2H])([2H])C([2H])(C([2H])([2H])[2H])C2([2H])[2H])c1[2H]. The van der Waals surface area contributed by atoms with Crippen molar-refractivity contribution >= 4 is 5.82 Å². The Kier molecular flexibility index (Phi) is 0.616. The third-order valence-electron chi connectivity index (χ3n) is 1.36. The summed E-state index contributed by atoms with van der Waals surface area (Å²) in [6.45, 7) is -11.2. The summed E-state index contributed by atoms with van der Waals surface area (Å²) >= 11 is 0. The summed E-state index contributed by atoms with van der Waals surface area (Å²) in [6, 6.07) is -0.991. The van der Waals surface area contributed by atoms with E-state index in [1.165, 1.54) is 0 Å². The molecule has 1 aromatic rings. The number of rotatable bonds is 1. The van der Waals surface area contributed by atoms with Crippen molar-refractivity contribution in [3.8, 4) is 0 Å². The predicted octanol–water partition coefficient (Wildman–Crippen LogP) is 1.13. The van der Waals surface area contributed by atoms with Crippen LogP contribution in [0, 0.1) is 11.3 Å². The average molecular weight is 206 g/mol. The molecule has 4 heteroatoms. The molecule has 1 aromatic heterocycles. The van der Waals surface area contributed by atoms with Gasteiger partial charge in [-0.1, -0.05) is 6.85 Å². The molecule has 1 saturated heterocycles. The zero-order valence-electron chi connectivity index (χ0n) is 20.9. The van der Waals surface area contributed by atoms with Gasteiger partial charge in [-0.3, -0.25) is 5.41 Å². The van der Waals surface area contributed by atoms with Gasteiger partial charge in [0.25, 0.3) is 0 Å². The summed E-state index contributed by atoms with van der Waals surface area (Å²) in [4.78, 5) is 5.14. The zero-order chi connectivity index (χ0) is 22.3. The standard InChI is InChI=1S/C10H16N4/c1-8-3-2-6-14(7-8)9-4-5-12-10(11)13-9/h4-5,8H,2-3,6-7H2,1H3,(H2,11,12,13)/i1D3,2D2,3D2,4D,5D,6D2,7D2,8D. The van der Waals surface area contributed by atoms with Crippen LogP contribution in [0.2, 0.25) is 0 Å². The monoisotopic (exact) mass is 206 g/mol. The van der Waals surface area contributed by atoms with Crippen molar-refractivity contribution in [1.29, 1.82) is 5.41 Å². The smallest absolute Gasteiger partial charge is 0.221 e. The number of aromatic amines is 1. The van der Waals surface area contributed by atoms with Gasteiger partial charge >= 0.3 is 0 Å². The lowest BCUT2D eigenvalue weighted by molar-refractivity contribution is 0.444. The topological polar surface area (TPSA) is 55.8 Å².